The molecule has 0 aromatic heterocycles. The minimum atomic E-state index is -0.822. The van der Waals surface area contributed by atoms with Crippen LogP contribution >= 0.6 is 0 Å². The van der Waals surface area contributed by atoms with Gasteiger partial charge in [-0.3, -0.25) is 9.59 Å². The van der Waals surface area contributed by atoms with E-state index in [9.17, 15) is 14.4 Å². The molecular weight excluding hydrogens is 260 g/mol. The van der Waals surface area contributed by atoms with E-state index in [4.69, 9.17) is 0 Å². The Morgan fingerprint density at radius 2 is 1.40 bits per heavy atom. The van der Waals surface area contributed by atoms with Crippen LogP contribution in [0.15, 0.2) is 0 Å². The lowest BCUT2D eigenvalue weighted by Gasteiger charge is -2.30. The molecule has 0 heterocycles. The molecule has 6 nitrogen and oxygen atoms in total. The van der Waals surface area contributed by atoms with E-state index >= 15 is 0 Å². The summed E-state index contributed by atoms with van der Waals surface area (Å²) in [6, 6.07) is -1.01. The molecule has 1 N–H and O–H groups in total. The highest BCUT2D eigenvalue weighted by Gasteiger charge is 2.31. The molecule has 6 heteroatoms. The van der Waals surface area contributed by atoms with Crippen LogP contribution in [0.2, 0.25) is 0 Å². The number of hydrogen-bond donors (Lipinski definition) is 1. The third-order valence-corrected chi connectivity index (χ3v) is 2.95. The highest BCUT2D eigenvalue weighted by Crippen LogP contribution is 2.08. The summed E-state index contributed by atoms with van der Waals surface area (Å²) in [5.41, 5.74) is 0. The fraction of sp³-hybridized carbons (Fsp3) is 0.786. The van der Waals surface area contributed by atoms with Gasteiger partial charge >= 0.3 is 17.8 Å². The van der Waals surface area contributed by atoms with Crippen LogP contribution in [-0.4, -0.2) is 47.9 Å². The van der Waals surface area contributed by atoms with Gasteiger partial charge in [0.1, 0.15) is 6.04 Å². The first-order valence-electron chi connectivity index (χ1n) is 6.84. The number of nitrogens with zero attached hydrogens (tertiary/aromatic N) is 1. The van der Waals surface area contributed by atoms with Crippen molar-refractivity contribution >= 4 is 17.8 Å². The molecule has 2 amide bonds. The molecule has 0 aliphatic heterocycles. The molecule has 0 radical (unpaired) electrons. The number of amides is 2. The minimum absolute atomic E-state index is 0.0936. The first kappa shape index (κ1) is 18.4. The van der Waals surface area contributed by atoms with Crippen LogP contribution in [-0.2, 0) is 19.1 Å². The average Bonchev–Trinajstić information content (AvgIpc) is 2.33. The second-order valence-corrected chi connectivity index (χ2v) is 5.62. The Balaban J connectivity index is 4.97. The summed E-state index contributed by atoms with van der Waals surface area (Å²) in [6.45, 7) is 10.9. The van der Waals surface area contributed by atoms with E-state index in [0.717, 1.165) is 0 Å². The number of methoxy groups -OCH3 is 1. The molecular formula is C14H26N2O4. The van der Waals surface area contributed by atoms with Crippen LogP contribution in [0.1, 0.15) is 41.5 Å². The molecule has 116 valence electrons. The van der Waals surface area contributed by atoms with Gasteiger partial charge in [0.05, 0.1) is 7.11 Å². The molecule has 0 spiro atoms. The molecule has 0 saturated heterocycles. The third kappa shape index (κ3) is 4.83. The van der Waals surface area contributed by atoms with E-state index in [1.807, 2.05) is 27.7 Å². The maximum Gasteiger partial charge on any atom is 0.328 e. The molecule has 0 aromatic rings. The molecule has 0 bridgehead atoms. The van der Waals surface area contributed by atoms with Crippen molar-refractivity contribution in [3.63, 3.8) is 0 Å². The average molecular weight is 286 g/mol. The Bertz CT molecular complexity index is 356. The Kier molecular flexibility index (Phi) is 7.24. The molecule has 0 aliphatic rings. The van der Waals surface area contributed by atoms with Gasteiger partial charge in [-0.15, -0.1) is 0 Å². The van der Waals surface area contributed by atoms with Crippen LogP contribution in [0.5, 0.6) is 0 Å². The molecule has 0 saturated carbocycles. The van der Waals surface area contributed by atoms with Crippen LogP contribution in [0.3, 0.4) is 0 Å². The molecule has 1 unspecified atom stereocenters. The van der Waals surface area contributed by atoms with E-state index in [1.54, 1.807) is 13.8 Å². The van der Waals surface area contributed by atoms with Crippen molar-refractivity contribution < 1.29 is 19.1 Å². The lowest BCUT2D eigenvalue weighted by molar-refractivity contribution is -0.152. The SMILES string of the molecule is COC(=O)C(NC(=O)C(=O)N(C(C)C)C(C)C)C(C)C. The predicted octanol–water partition coefficient (Wildman–Crippen LogP) is 0.946. The lowest BCUT2D eigenvalue weighted by atomic mass is 10.0. The van der Waals surface area contributed by atoms with E-state index in [-0.39, 0.29) is 18.0 Å². The Morgan fingerprint density at radius 1 is 0.950 bits per heavy atom. The summed E-state index contributed by atoms with van der Waals surface area (Å²) >= 11 is 0. The first-order valence-corrected chi connectivity index (χ1v) is 6.84. The van der Waals surface area contributed by atoms with Crippen LogP contribution < -0.4 is 5.32 Å². The highest BCUT2D eigenvalue weighted by atomic mass is 16.5. The summed E-state index contributed by atoms with van der Waals surface area (Å²) in [5.74, 6) is -2.13. The van der Waals surface area contributed by atoms with E-state index in [1.165, 1.54) is 12.0 Å². The van der Waals surface area contributed by atoms with Gasteiger partial charge in [-0.1, -0.05) is 13.8 Å². The van der Waals surface area contributed by atoms with Gasteiger partial charge in [-0.2, -0.15) is 0 Å². The lowest BCUT2D eigenvalue weighted by Crippen LogP contribution is -2.54. The summed E-state index contributed by atoms with van der Waals surface area (Å²) in [7, 11) is 1.25. The standard InChI is InChI=1S/C14H26N2O4/c1-8(2)11(14(19)20-7)15-12(17)13(18)16(9(3)4)10(5)6/h8-11H,1-7H3,(H,15,17). The van der Waals surface area contributed by atoms with Crippen LogP contribution in [0.25, 0.3) is 0 Å². The molecule has 0 aliphatic carbocycles. The second-order valence-electron chi connectivity index (χ2n) is 5.62. The highest BCUT2D eigenvalue weighted by molar-refractivity contribution is 6.35. The Hall–Kier alpha value is -1.59. The van der Waals surface area contributed by atoms with Gasteiger partial charge in [0, 0.05) is 12.1 Å². The van der Waals surface area contributed by atoms with Crippen molar-refractivity contribution in [1.82, 2.24) is 10.2 Å². The smallest absolute Gasteiger partial charge is 0.328 e. The van der Waals surface area contributed by atoms with Gasteiger partial charge in [0.15, 0.2) is 0 Å². The fourth-order valence-corrected chi connectivity index (χ4v) is 2.01. The zero-order chi connectivity index (χ0) is 16.0. The van der Waals surface area contributed by atoms with Crippen molar-refractivity contribution in [2.45, 2.75) is 59.7 Å². The largest absolute Gasteiger partial charge is 0.467 e. The maximum atomic E-state index is 12.2. The topological polar surface area (TPSA) is 75.7 Å². The minimum Gasteiger partial charge on any atom is -0.467 e. The van der Waals surface area contributed by atoms with Crippen molar-refractivity contribution in [3.8, 4) is 0 Å². The van der Waals surface area contributed by atoms with Gasteiger partial charge in [-0.25, -0.2) is 4.79 Å². The van der Waals surface area contributed by atoms with E-state index in [0.29, 0.717) is 0 Å². The quantitative estimate of drug-likeness (QED) is 0.603. The van der Waals surface area contributed by atoms with E-state index < -0.39 is 23.8 Å². The summed E-state index contributed by atoms with van der Waals surface area (Å²) in [4.78, 5) is 37.2. The van der Waals surface area contributed by atoms with Crippen LogP contribution in [0, 0.1) is 5.92 Å². The first-order chi connectivity index (χ1) is 9.13. The predicted molar refractivity (Wildman–Crippen MR) is 75.9 cm³/mol. The number of nitrogens with one attached hydrogen (secondary N) is 1. The molecule has 0 aromatic carbocycles. The monoisotopic (exact) mass is 286 g/mol. The van der Waals surface area contributed by atoms with Gasteiger partial charge < -0.3 is 15.0 Å². The molecule has 0 rings (SSSR count). The zero-order valence-electron chi connectivity index (χ0n) is 13.4. The molecule has 0 fully saturated rings. The number of rotatable bonds is 5. The Morgan fingerprint density at radius 3 is 1.70 bits per heavy atom. The van der Waals surface area contributed by atoms with Gasteiger partial charge in [-0.05, 0) is 33.6 Å². The maximum absolute atomic E-state index is 12.2. The number of esters is 1. The van der Waals surface area contributed by atoms with Crippen molar-refractivity contribution in [3.05, 3.63) is 0 Å². The fourth-order valence-electron chi connectivity index (χ4n) is 2.01. The van der Waals surface area contributed by atoms with Crippen LogP contribution in [0.4, 0.5) is 0 Å². The summed E-state index contributed by atoms with van der Waals surface area (Å²) < 4.78 is 4.63. The normalized spacial score (nSPS) is 12.5. The summed E-state index contributed by atoms with van der Waals surface area (Å²) in [5, 5.41) is 2.45. The number of ether oxygens (including phenoxy) is 1. The molecule has 20 heavy (non-hydrogen) atoms. The number of carbonyl (C=O) groups is 3. The van der Waals surface area contributed by atoms with Gasteiger partial charge in [0.2, 0.25) is 0 Å². The number of hydrogen-bond acceptors (Lipinski definition) is 4. The summed E-state index contributed by atoms with van der Waals surface area (Å²) in [6.07, 6.45) is 0. The third-order valence-electron chi connectivity index (χ3n) is 2.95. The van der Waals surface area contributed by atoms with Crippen molar-refractivity contribution in [2.24, 2.45) is 5.92 Å². The molecule has 1 atom stereocenters. The van der Waals surface area contributed by atoms with Crippen molar-refractivity contribution in [2.75, 3.05) is 7.11 Å². The zero-order valence-corrected chi connectivity index (χ0v) is 13.4. The second kappa shape index (κ2) is 7.87. The number of carbonyl (C=O) groups excluding carboxylic acids is 3. The van der Waals surface area contributed by atoms with Crippen molar-refractivity contribution in [1.29, 1.82) is 0 Å². The van der Waals surface area contributed by atoms with E-state index in [2.05, 4.69) is 10.1 Å². The van der Waals surface area contributed by atoms with Gasteiger partial charge in [0.25, 0.3) is 0 Å². The Labute approximate surface area is 120 Å².